The molecule has 2 aromatic carbocycles. The number of amides is 1. The largest absolute Gasteiger partial charge is 0.466 e. The molecular weight excluding hydrogens is 361 g/mol. The van der Waals surface area contributed by atoms with Crippen LogP contribution in [0.15, 0.2) is 60.7 Å². The molecule has 0 aliphatic heterocycles. The minimum atomic E-state index is -4.49. The molecule has 0 spiro atoms. The summed E-state index contributed by atoms with van der Waals surface area (Å²) in [6.45, 7) is 0. The van der Waals surface area contributed by atoms with Crippen LogP contribution in [0.3, 0.4) is 0 Å². The third-order valence-electron chi connectivity index (χ3n) is 3.70. The van der Waals surface area contributed by atoms with Crippen LogP contribution in [0.5, 0.6) is 0 Å². The molecule has 0 saturated carbocycles. The van der Waals surface area contributed by atoms with E-state index in [1.54, 1.807) is 30.3 Å². The molecule has 3 N–H and O–H groups in total. The van der Waals surface area contributed by atoms with E-state index in [1.807, 2.05) is 0 Å². The highest BCUT2D eigenvalue weighted by Gasteiger charge is 2.30. The average molecular weight is 378 g/mol. The van der Waals surface area contributed by atoms with Gasteiger partial charge < -0.3 is 15.8 Å². The van der Waals surface area contributed by atoms with Gasteiger partial charge in [0.15, 0.2) is 0 Å². The van der Waals surface area contributed by atoms with Gasteiger partial charge in [-0.15, -0.1) is 0 Å². The average Bonchev–Trinajstić information content (AvgIpc) is 2.64. The molecule has 0 bridgehead atoms. The normalized spacial score (nSPS) is 13.0. The van der Waals surface area contributed by atoms with Crippen LogP contribution in [0.25, 0.3) is 5.70 Å². The highest BCUT2D eigenvalue weighted by atomic mass is 19.4. The number of nitrogens with one attached hydrogen (secondary N) is 1. The van der Waals surface area contributed by atoms with Crippen LogP contribution in [0.1, 0.15) is 22.7 Å². The van der Waals surface area contributed by atoms with Crippen molar-refractivity contribution in [2.24, 2.45) is 5.73 Å². The number of carbonyl (C=O) groups is 2. The van der Waals surface area contributed by atoms with Gasteiger partial charge in [-0.3, -0.25) is 4.79 Å². The first-order chi connectivity index (χ1) is 12.7. The quantitative estimate of drug-likeness (QED) is 0.598. The fourth-order valence-corrected chi connectivity index (χ4v) is 2.34. The number of rotatable bonds is 6. The number of alkyl halides is 3. The van der Waals surface area contributed by atoms with Gasteiger partial charge in [-0.2, -0.15) is 13.2 Å². The van der Waals surface area contributed by atoms with E-state index in [0.29, 0.717) is 5.56 Å². The molecule has 0 fully saturated rings. The fraction of sp³-hybridized carbons (Fsp3) is 0.158. The Morgan fingerprint density at radius 2 is 1.67 bits per heavy atom. The Kier molecular flexibility index (Phi) is 6.23. The van der Waals surface area contributed by atoms with Crippen molar-refractivity contribution >= 4 is 17.6 Å². The lowest BCUT2D eigenvalue weighted by Crippen LogP contribution is -2.33. The van der Waals surface area contributed by atoms with Gasteiger partial charge in [-0.05, 0) is 23.3 Å². The molecule has 27 heavy (non-hydrogen) atoms. The number of methoxy groups -OCH3 is 1. The van der Waals surface area contributed by atoms with E-state index in [4.69, 9.17) is 5.73 Å². The first-order valence-corrected chi connectivity index (χ1v) is 7.80. The van der Waals surface area contributed by atoms with Gasteiger partial charge in [-0.25, -0.2) is 4.79 Å². The van der Waals surface area contributed by atoms with E-state index in [9.17, 15) is 22.8 Å². The molecule has 0 aliphatic carbocycles. The second kappa shape index (κ2) is 8.39. The molecule has 0 heterocycles. The number of benzene rings is 2. The lowest BCUT2D eigenvalue weighted by atomic mass is 10.0. The molecule has 1 atom stereocenters. The number of halogens is 3. The monoisotopic (exact) mass is 378 g/mol. The van der Waals surface area contributed by atoms with Crippen molar-refractivity contribution in [3.05, 3.63) is 77.4 Å². The van der Waals surface area contributed by atoms with Gasteiger partial charge in [0, 0.05) is 11.8 Å². The number of nitrogens with two attached hydrogens (primary N) is 1. The Morgan fingerprint density at radius 1 is 1.07 bits per heavy atom. The van der Waals surface area contributed by atoms with E-state index in [0.717, 1.165) is 25.3 Å². The molecule has 8 heteroatoms. The Bertz CT molecular complexity index is 832. The van der Waals surface area contributed by atoms with Crippen LogP contribution >= 0.6 is 0 Å². The molecule has 1 amide bonds. The highest BCUT2D eigenvalue weighted by Crippen LogP contribution is 2.30. The number of esters is 1. The number of primary amides is 1. The minimum absolute atomic E-state index is 0.100. The van der Waals surface area contributed by atoms with Gasteiger partial charge in [0.1, 0.15) is 6.04 Å². The van der Waals surface area contributed by atoms with E-state index < -0.39 is 29.7 Å². The van der Waals surface area contributed by atoms with E-state index in [1.165, 1.54) is 12.1 Å². The van der Waals surface area contributed by atoms with Crippen molar-refractivity contribution < 1.29 is 27.5 Å². The van der Waals surface area contributed by atoms with Gasteiger partial charge in [0.2, 0.25) is 5.91 Å². The summed E-state index contributed by atoms with van der Waals surface area (Å²) in [4.78, 5) is 23.6. The standard InChI is InChI=1S/C19H17F3N2O3/c1-27-16(25)11-15(12-7-9-14(10-8-12)19(20,21)22)24-17(18(23)26)13-5-3-2-4-6-13/h2-11,17,24H,1H3,(H2,23,26)/b15-11-/t17-/m0/s1. The number of hydrogen-bond acceptors (Lipinski definition) is 4. The third-order valence-corrected chi connectivity index (χ3v) is 3.70. The summed E-state index contributed by atoms with van der Waals surface area (Å²) in [7, 11) is 1.16. The predicted octanol–water partition coefficient (Wildman–Crippen LogP) is 3.04. The maximum Gasteiger partial charge on any atom is 0.416 e. The van der Waals surface area contributed by atoms with Crippen LogP contribution < -0.4 is 11.1 Å². The number of carbonyl (C=O) groups excluding carboxylic acids is 2. The maximum atomic E-state index is 12.8. The van der Waals surface area contributed by atoms with Crippen LogP contribution in [0.2, 0.25) is 0 Å². The van der Waals surface area contributed by atoms with E-state index in [2.05, 4.69) is 10.1 Å². The predicted molar refractivity (Wildman–Crippen MR) is 93.0 cm³/mol. The second-order valence-electron chi connectivity index (χ2n) is 5.55. The van der Waals surface area contributed by atoms with Crippen LogP contribution in [-0.4, -0.2) is 19.0 Å². The summed E-state index contributed by atoms with van der Waals surface area (Å²) in [6.07, 6.45) is -3.44. The summed E-state index contributed by atoms with van der Waals surface area (Å²) in [5.41, 5.74) is 5.51. The number of ether oxygens (including phenoxy) is 1. The Morgan fingerprint density at radius 3 is 2.15 bits per heavy atom. The summed E-state index contributed by atoms with van der Waals surface area (Å²) in [6, 6.07) is 11.6. The maximum absolute atomic E-state index is 12.8. The number of hydrogen-bond donors (Lipinski definition) is 2. The van der Waals surface area contributed by atoms with Crippen molar-refractivity contribution in [2.45, 2.75) is 12.2 Å². The van der Waals surface area contributed by atoms with E-state index in [-0.39, 0.29) is 11.3 Å². The van der Waals surface area contributed by atoms with Crippen LogP contribution in [0, 0.1) is 0 Å². The summed E-state index contributed by atoms with van der Waals surface area (Å²) in [5, 5.41) is 2.81. The smallest absolute Gasteiger partial charge is 0.416 e. The topological polar surface area (TPSA) is 81.4 Å². The van der Waals surface area contributed by atoms with Gasteiger partial charge in [0.25, 0.3) is 0 Å². The lowest BCUT2D eigenvalue weighted by Gasteiger charge is -2.20. The van der Waals surface area contributed by atoms with Gasteiger partial charge in [-0.1, -0.05) is 42.5 Å². The molecule has 2 rings (SSSR count). The SMILES string of the molecule is COC(=O)/C=C(\N[C@H](C(N)=O)c1ccccc1)c1ccc(C(F)(F)F)cc1. The van der Waals surface area contributed by atoms with Crippen LogP contribution in [0.4, 0.5) is 13.2 Å². The van der Waals surface area contributed by atoms with Crippen molar-refractivity contribution in [3.8, 4) is 0 Å². The molecule has 142 valence electrons. The minimum Gasteiger partial charge on any atom is -0.466 e. The Hall–Kier alpha value is -3.29. The molecule has 0 saturated heterocycles. The first kappa shape index (κ1) is 20.0. The molecule has 0 aliphatic rings. The fourth-order valence-electron chi connectivity index (χ4n) is 2.34. The molecule has 5 nitrogen and oxygen atoms in total. The first-order valence-electron chi connectivity index (χ1n) is 7.80. The second-order valence-corrected chi connectivity index (χ2v) is 5.55. The van der Waals surface area contributed by atoms with Crippen molar-refractivity contribution in [1.29, 1.82) is 0 Å². The van der Waals surface area contributed by atoms with E-state index >= 15 is 0 Å². The van der Waals surface area contributed by atoms with Crippen LogP contribution in [-0.2, 0) is 20.5 Å². The highest BCUT2D eigenvalue weighted by molar-refractivity contribution is 5.92. The van der Waals surface area contributed by atoms with Crippen molar-refractivity contribution in [1.82, 2.24) is 5.32 Å². The zero-order valence-corrected chi connectivity index (χ0v) is 14.3. The summed E-state index contributed by atoms with van der Waals surface area (Å²) < 4.78 is 42.8. The molecule has 2 aromatic rings. The van der Waals surface area contributed by atoms with Crippen molar-refractivity contribution in [3.63, 3.8) is 0 Å². The molecule has 0 aromatic heterocycles. The third kappa shape index (κ3) is 5.34. The zero-order valence-electron chi connectivity index (χ0n) is 14.3. The zero-order chi connectivity index (χ0) is 20.0. The molecular formula is C19H17F3N2O3. The lowest BCUT2D eigenvalue weighted by molar-refractivity contribution is -0.137. The Balaban J connectivity index is 2.41. The Labute approximate surface area is 153 Å². The molecule has 0 unspecified atom stereocenters. The van der Waals surface area contributed by atoms with Gasteiger partial charge in [0.05, 0.1) is 12.7 Å². The van der Waals surface area contributed by atoms with Crippen molar-refractivity contribution in [2.75, 3.05) is 7.11 Å². The summed E-state index contributed by atoms with van der Waals surface area (Å²) in [5.74, 6) is -1.46. The van der Waals surface area contributed by atoms with Gasteiger partial charge >= 0.3 is 12.1 Å². The molecule has 0 radical (unpaired) electrons. The summed E-state index contributed by atoms with van der Waals surface area (Å²) >= 11 is 0.